The van der Waals surface area contributed by atoms with Crippen molar-refractivity contribution in [2.45, 2.75) is 58.2 Å². The smallest absolute Gasteiger partial charge is 0.246 e. The van der Waals surface area contributed by atoms with Gasteiger partial charge < -0.3 is 15.9 Å². The van der Waals surface area contributed by atoms with Crippen molar-refractivity contribution in [1.82, 2.24) is 5.48 Å². The molecule has 0 aliphatic rings. The van der Waals surface area contributed by atoms with Crippen molar-refractivity contribution in [1.29, 1.82) is 0 Å². The highest BCUT2D eigenvalue weighted by Gasteiger charge is 2.24. The van der Waals surface area contributed by atoms with Gasteiger partial charge in [-0.15, -0.1) is 0 Å². The standard InChI is InChI=1S/C20H31N2O5/c1-13(18(21)24)7-9-15(19(25)22-27)12-17(23)10-8-14-5-4-6-16(11-14)20(2,3)26/h4-6,10-11,13,15,17,23,26-27H,7-9,12H2,1-3H3,(H2,21,24)(H,22,25). The summed E-state index contributed by atoms with van der Waals surface area (Å²) in [6.45, 7) is 5.08. The second-order valence-corrected chi connectivity index (χ2v) is 7.56. The van der Waals surface area contributed by atoms with Gasteiger partial charge >= 0.3 is 0 Å². The predicted octanol–water partition coefficient (Wildman–Crippen LogP) is 1.43. The summed E-state index contributed by atoms with van der Waals surface area (Å²) in [7, 11) is 0. The zero-order chi connectivity index (χ0) is 20.6. The second kappa shape index (κ2) is 10.4. The van der Waals surface area contributed by atoms with Crippen LogP contribution in [0.3, 0.4) is 0 Å². The van der Waals surface area contributed by atoms with E-state index in [1.54, 1.807) is 32.7 Å². The summed E-state index contributed by atoms with van der Waals surface area (Å²) < 4.78 is 0. The van der Waals surface area contributed by atoms with Crippen LogP contribution in [0.4, 0.5) is 0 Å². The van der Waals surface area contributed by atoms with Crippen LogP contribution in [0.25, 0.3) is 0 Å². The zero-order valence-corrected chi connectivity index (χ0v) is 16.2. The Morgan fingerprint density at radius 3 is 2.52 bits per heavy atom. The molecular weight excluding hydrogens is 348 g/mol. The van der Waals surface area contributed by atoms with Gasteiger partial charge in [0.2, 0.25) is 11.8 Å². The minimum absolute atomic E-state index is 0.128. The maximum absolute atomic E-state index is 11.8. The van der Waals surface area contributed by atoms with E-state index in [9.17, 15) is 19.8 Å². The van der Waals surface area contributed by atoms with E-state index in [2.05, 4.69) is 0 Å². The van der Waals surface area contributed by atoms with Crippen molar-refractivity contribution in [2.24, 2.45) is 17.6 Å². The molecule has 0 aliphatic carbocycles. The van der Waals surface area contributed by atoms with Gasteiger partial charge in [0.1, 0.15) is 0 Å². The lowest BCUT2D eigenvalue weighted by molar-refractivity contribution is -0.135. The van der Waals surface area contributed by atoms with E-state index >= 15 is 0 Å². The molecule has 1 rings (SSSR count). The van der Waals surface area contributed by atoms with Crippen LogP contribution >= 0.6 is 0 Å². The van der Waals surface area contributed by atoms with Gasteiger partial charge in [0.25, 0.3) is 0 Å². The van der Waals surface area contributed by atoms with Crippen LogP contribution in [0, 0.1) is 18.3 Å². The molecule has 0 aliphatic heterocycles. The van der Waals surface area contributed by atoms with Crippen molar-refractivity contribution in [2.75, 3.05) is 0 Å². The van der Waals surface area contributed by atoms with E-state index in [1.807, 2.05) is 24.3 Å². The van der Waals surface area contributed by atoms with Crippen LogP contribution in [0.1, 0.15) is 51.2 Å². The molecule has 1 aromatic carbocycles. The molecule has 0 heterocycles. The van der Waals surface area contributed by atoms with E-state index in [1.165, 1.54) is 0 Å². The van der Waals surface area contributed by atoms with Gasteiger partial charge in [-0.2, -0.15) is 0 Å². The summed E-state index contributed by atoms with van der Waals surface area (Å²) >= 11 is 0. The minimum Gasteiger partial charge on any atom is -0.393 e. The van der Waals surface area contributed by atoms with E-state index < -0.39 is 29.4 Å². The van der Waals surface area contributed by atoms with Crippen LogP contribution < -0.4 is 11.2 Å². The number of rotatable bonds is 11. The lowest BCUT2D eigenvalue weighted by Crippen LogP contribution is -2.32. The Kier molecular flexibility index (Phi) is 8.88. The number of nitrogens with one attached hydrogen (secondary N) is 1. The van der Waals surface area contributed by atoms with Gasteiger partial charge in [0, 0.05) is 11.8 Å². The topological polar surface area (TPSA) is 133 Å². The van der Waals surface area contributed by atoms with E-state index in [-0.39, 0.29) is 12.3 Å². The number of hydrogen-bond donors (Lipinski definition) is 5. The molecule has 27 heavy (non-hydrogen) atoms. The fourth-order valence-electron chi connectivity index (χ4n) is 2.78. The first-order valence-electron chi connectivity index (χ1n) is 9.11. The minimum atomic E-state index is -0.948. The van der Waals surface area contributed by atoms with Gasteiger partial charge in [0.15, 0.2) is 0 Å². The molecule has 7 nitrogen and oxygen atoms in total. The highest BCUT2D eigenvalue weighted by Crippen LogP contribution is 2.22. The molecular formula is C20H31N2O5. The van der Waals surface area contributed by atoms with E-state index in [0.29, 0.717) is 19.3 Å². The largest absolute Gasteiger partial charge is 0.393 e. The van der Waals surface area contributed by atoms with Gasteiger partial charge in [0.05, 0.1) is 11.7 Å². The fraction of sp³-hybridized carbons (Fsp3) is 0.550. The third-order valence-electron chi connectivity index (χ3n) is 4.70. The Balaban J connectivity index is 2.62. The normalized spacial score (nSPS) is 15.0. The quantitative estimate of drug-likeness (QED) is 0.293. The number of benzene rings is 1. The number of primary amides is 1. The Morgan fingerprint density at radius 2 is 1.96 bits per heavy atom. The van der Waals surface area contributed by atoms with Crippen molar-refractivity contribution in [3.05, 3.63) is 41.8 Å². The molecule has 3 atom stereocenters. The van der Waals surface area contributed by atoms with Crippen LogP contribution in [0.5, 0.6) is 0 Å². The second-order valence-electron chi connectivity index (χ2n) is 7.56. The van der Waals surface area contributed by atoms with Crippen LogP contribution in [-0.2, 0) is 21.6 Å². The lowest BCUT2D eigenvalue weighted by Gasteiger charge is -2.20. The fourth-order valence-corrected chi connectivity index (χ4v) is 2.78. The Morgan fingerprint density at radius 1 is 1.30 bits per heavy atom. The Bertz CT molecular complexity index is 627. The average Bonchev–Trinajstić information content (AvgIpc) is 2.61. The maximum atomic E-state index is 11.8. The number of hydroxylamine groups is 1. The van der Waals surface area contributed by atoms with E-state index in [0.717, 1.165) is 11.1 Å². The maximum Gasteiger partial charge on any atom is 0.246 e. The first-order chi connectivity index (χ1) is 12.5. The number of hydrogen-bond acceptors (Lipinski definition) is 5. The van der Waals surface area contributed by atoms with Gasteiger partial charge in [-0.3, -0.25) is 14.8 Å². The highest BCUT2D eigenvalue weighted by atomic mass is 16.5. The number of nitrogens with two attached hydrogens (primary N) is 1. The molecule has 0 aromatic heterocycles. The van der Waals surface area contributed by atoms with Crippen molar-refractivity contribution in [3.63, 3.8) is 0 Å². The molecule has 1 aromatic rings. The molecule has 0 saturated carbocycles. The molecule has 0 bridgehead atoms. The first-order valence-corrected chi connectivity index (χ1v) is 9.11. The monoisotopic (exact) mass is 379 g/mol. The van der Waals surface area contributed by atoms with Crippen molar-refractivity contribution >= 4 is 11.8 Å². The van der Waals surface area contributed by atoms with Crippen LogP contribution in [-0.4, -0.2) is 33.3 Å². The van der Waals surface area contributed by atoms with Gasteiger partial charge in [-0.25, -0.2) is 5.48 Å². The summed E-state index contributed by atoms with van der Waals surface area (Å²) in [4.78, 5) is 23.0. The average molecular weight is 379 g/mol. The summed E-state index contributed by atoms with van der Waals surface area (Å²) in [5.41, 5.74) is 7.60. The van der Waals surface area contributed by atoms with Gasteiger partial charge in [-0.05, 0) is 57.1 Å². The molecule has 0 fully saturated rings. The number of carbonyl (C=O) groups excluding carboxylic acids is 2. The molecule has 0 spiro atoms. The third kappa shape index (κ3) is 8.07. The lowest BCUT2D eigenvalue weighted by atomic mass is 9.89. The summed E-state index contributed by atoms with van der Waals surface area (Å²) in [6.07, 6.45) is 2.14. The number of aliphatic hydroxyl groups is 2. The van der Waals surface area contributed by atoms with E-state index in [4.69, 9.17) is 10.9 Å². The molecule has 7 heteroatoms. The van der Waals surface area contributed by atoms with Crippen LogP contribution in [0.15, 0.2) is 24.3 Å². The summed E-state index contributed by atoms with van der Waals surface area (Å²) in [6, 6.07) is 7.44. The Hall–Kier alpha value is -1.96. The van der Waals surface area contributed by atoms with Gasteiger partial charge in [-0.1, -0.05) is 31.2 Å². The zero-order valence-electron chi connectivity index (χ0n) is 16.2. The molecule has 2 amide bonds. The van der Waals surface area contributed by atoms with Crippen molar-refractivity contribution in [3.8, 4) is 0 Å². The molecule has 151 valence electrons. The SMILES string of the molecule is CC(CCC(CC(O)[CH]Cc1cccc(C(C)(C)O)c1)C(=O)NO)C(N)=O. The molecule has 3 unspecified atom stereocenters. The summed E-state index contributed by atoms with van der Waals surface area (Å²) in [5.74, 6) is -2.06. The number of aliphatic hydroxyl groups excluding tert-OH is 1. The summed E-state index contributed by atoms with van der Waals surface area (Å²) in [5, 5.41) is 29.3. The van der Waals surface area contributed by atoms with Crippen LogP contribution in [0.2, 0.25) is 0 Å². The number of carbonyl (C=O) groups is 2. The predicted molar refractivity (Wildman–Crippen MR) is 101 cm³/mol. The highest BCUT2D eigenvalue weighted by molar-refractivity contribution is 5.78. The number of amides is 2. The van der Waals surface area contributed by atoms with Crippen molar-refractivity contribution < 1.29 is 25.0 Å². The molecule has 0 saturated heterocycles. The third-order valence-corrected chi connectivity index (χ3v) is 4.70. The Labute approximate surface area is 160 Å². The molecule has 1 radical (unpaired) electrons. The first kappa shape index (κ1) is 23.1. The molecule has 6 N–H and O–H groups in total.